The molecule has 1 N–H and O–H groups in total. The van der Waals surface area contributed by atoms with Crippen LogP contribution in [0.15, 0.2) is 36.4 Å². The molecular weight excluding hydrogens is 314 g/mol. The smallest absolute Gasteiger partial charge is 0.216 e. The molecule has 1 saturated heterocycles. The van der Waals surface area contributed by atoms with Gasteiger partial charge in [-0.15, -0.1) is 0 Å². The lowest BCUT2D eigenvalue weighted by atomic mass is 10.1. The number of aromatic amines is 1. The summed E-state index contributed by atoms with van der Waals surface area (Å²) in [5, 5.41) is 7.17. The van der Waals surface area contributed by atoms with Crippen molar-refractivity contribution in [2.24, 2.45) is 0 Å². The van der Waals surface area contributed by atoms with E-state index >= 15 is 0 Å². The highest BCUT2D eigenvalue weighted by molar-refractivity contribution is 7.89. The zero-order valence-electron chi connectivity index (χ0n) is 13.1. The number of H-pyrrole nitrogens is 1. The molecule has 0 saturated carbocycles. The van der Waals surface area contributed by atoms with Gasteiger partial charge in [-0.25, -0.2) is 8.42 Å². The Morgan fingerprint density at radius 2 is 2.13 bits per heavy atom. The van der Waals surface area contributed by atoms with Crippen molar-refractivity contribution in [3.8, 4) is 11.3 Å². The first-order chi connectivity index (χ1) is 11.0. The van der Waals surface area contributed by atoms with Crippen LogP contribution in [0.2, 0.25) is 0 Å². The number of nitrogens with zero attached hydrogens (tertiary/aromatic N) is 2. The Kier molecular flexibility index (Phi) is 4.79. The molecule has 1 fully saturated rings. The van der Waals surface area contributed by atoms with Crippen molar-refractivity contribution in [3.05, 3.63) is 42.1 Å². The van der Waals surface area contributed by atoms with Crippen molar-refractivity contribution in [3.63, 3.8) is 0 Å². The molecule has 1 aromatic heterocycles. The highest BCUT2D eigenvalue weighted by Crippen LogP contribution is 2.19. The molecule has 124 valence electrons. The normalized spacial score (nSPS) is 18.6. The summed E-state index contributed by atoms with van der Waals surface area (Å²) in [6.07, 6.45) is 1.57. The van der Waals surface area contributed by atoms with Gasteiger partial charge in [0.1, 0.15) is 0 Å². The quantitative estimate of drug-likeness (QED) is 0.876. The number of hydrogen-bond donors (Lipinski definition) is 1. The predicted molar refractivity (Wildman–Crippen MR) is 88.3 cm³/mol. The molecule has 3 rings (SSSR count). The van der Waals surface area contributed by atoms with Crippen molar-refractivity contribution in [1.29, 1.82) is 0 Å². The molecule has 0 radical (unpaired) electrons. The van der Waals surface area contributed by atoms with E-state index in [1.807, 2.05) is 36.4 Å². The van der Waals surface area contributed by atoms with E-state index in [0.717, 1.165) is 29.8 Å². The Morgan fingerprint density at radius 1 is 1.35 bits per heavy atom. The summed E-state index contributed by atoms with van der Waals surface area (Å²) < 4.78 is 31.5. The van der Waals surface area contributed by atoms with E-state index in [1.54, 1.807) is 7.05 Å². The summed E-state index contributed by atoms with van der Waals surface area (Å²) in [5.41, 5.74) is 2.58. The summed E-state index contributed by atoms with van der Waals surface area (Å²) in [4.78, 5) is 0. The van der Waals surface area contributed by atoms with Gasteiger partial charge in [-0.2, -0.15) is 9.40 Å². The highest BCUT2D eigenvalue weighted by Gasteiger charge is 2.26. The number of sulfonamides is 1. The fraction of sp³-hybridized carbons (Fsp3) is 0.438. The lowest BCUT2D eigenvalue weighted by molar-refractivity contribution is 0.126. The van der Waals surface area contributed by atoms with Gasteiger partial charge < -0.3 is 4.74 Å². The Morgan fingerprint density at radius 3 is 2.83 bits per heavy atom. The van der Waals surface area contributed by atoms with Crippen LogP contribution in [0.5, 0.6) is 0 Å². The van der Waals surface area contributed by atoms with Crippen LogP contribution in [0.25, 0.3) is 11.3 Å². The predicted octanol–water partition coefficient (Wildman–Crippen LogP) is 2.02. The average Bonchev–Trinajstić information content (AvgIpc) is 3.19. The van der Waals surface area contributed by atoms with Crippen LogP contribution in [0, 0.1) is 0 Å². The minimum atomic E-state index is -3.34. The van der Waals surface area contributed by atoms with Crippen molar-refractivity contribution in [2.75, 3.05) is 19.4 Å². The second kappa shape index (κ2) is 6.82. The molecule has 1 aliphatic heterocycles. The second-order valence-electron chi connectivity index (χ2n) is 5.81. The van der Waals surface area contributed by atoms with Gasteiger partial charge in [-0.1, -0.05) is 30.3 Å². The zero-order chi connectivity index (χ0) is 16.3. The standard InChI is InChI=1S/C16H21N3O3S/c1-19(23(20,21)12-15-8-5-9-22-15)11-14-10-16(18-17-14)13-6-3-2-4-7-13/h2-4,6-7,10,15H,5,8-9,11-12H2,1H3,(H,17,18). The van der Waals surface area contributed by atoms with Crippen LogP contribution in [-0.2, 0) is 21.3 Å². The van der Waals surface area contributed by atoms with E-state index in [2.05, 4.69) is 10.2 Å². The Labute approximate surface area is 136 Å². The summed E-state index contributed by atoms with van der Waals surface area (Å²) in [6.45, 7) is 0.930. The molecule has 1 aromatic carbocycles. The number of rotatable bonds is 6. The Hall–Kier alpha value is -1.70. The molecule has 6 nitrogen and oxygen atoms in total. The van der Waals surface area contributed by atoms with E-state index in [-0.39, 0.29) is 18.4 Å². The van der Waals surface area contributed by atoms with Gasteiger partial charge in [-0.05, 0) is 18.9 Å². The third-order valence-electron chi connectivity index (χ3n) is 3.99. The van der Waals surface area contributed by atoms with Gasteiger partial charge in [0.15, 0.2) is 0 Å². The molecule has 1 aliphatic rings. The lowest BCUT2D eigenvalue weighted by Crippen LogP contribution is -2.33. The number of nitrogens with one attached hydrogen (secondary N) is 1. The van der Waals surface area contributed by atoms with Crippen LogP contribution < -0.4 is 0 Å². The fourth-order valence-electron chi connectivity index (χ4n) is 2.68. The van der Waals surface area contributed by atoms with Crippen LogP contribution >= 0.6 is 0 Å². The van der Waals surface area contributed by atoms with Gasteiger partial charge in [0, 0.05) is 19.2 Å². The molecule has 1 atom stereocenters. The van der Waals surface area contributed by atoms with Gasteiger partial charge in [0.2, 0.25) is 10.0 Å². The lowest BCUT2D eigenvalue weighted by Gasteiger charge is -2.18. The average molecular weight is 335 g/mol. The molecule has 23 heavy (non-hydrogen) atoms. The van der Waals surface area contributed by atoms with Crippen LogP contribution in [0.1, 0.15) is 18.5 Å². The SMILES string of the molecule is CN(Cc1cc(-c2ccccc2)n[nH]1)S(=O)(=O)CC1CCCO1. The first-order valence-corrected chi connectivity index (χ1v) is 9.31. The minimum absolute atomic E-state index is 0.0448. The minimum Gasteiger partial charge on any atom is -0.377 e. The monoisotopic (exact) mass is 335 g/mol. The molecule has 0 amide bonds. The van der Waals surface area contributed by atoms with Crippen molar-refractivity contribution < 1.29 is 13.2 Å². The van der Waals surface area contributed by atoms with Gasteiger partial charge >= 0.3 is 0 Å². The second-order valence-corrected chi connectivity index (χ2v) is 7.93. The molecular formula is C16H21N3O3S. The maximum atomic E-state index is 12.4. The first-order valence-electron chi connectivity index (χ1n) is 7.70. The molecule has 0 spiro atoms. The van der Waals surface area contributed by atoms with Gasteiger partial charge in [0.05, 0.1) is 29.8 Å². The number of hydrogen-bond acceptors (Lipinski definition) is 4. The van der Waals surface area contributed by atoms with E-state index in [1.165, 1.54) is 4.31 Å². The largest absolute Gasteiger partial charge is 0.377 e. The number of ether oxygens (including phenoxy) is 1. The summed E-state index contributed by atoms with van der Waals surface area (Å²) >= 11 is 0. The van der Waals surface area contributed by atoms with Gasteiger partial charge in [0.25, 0.3) is 0 Å². The molecule has 2 heterocycles. The van der Waals surface area contributed by atoms with Gasteiger partial charge in [-0.3, -0.25) is 5.10 Å². The highest BCUT2D eigenvalue weighted by atomic mass is 32.2. The summed E-state index contributed by atoms with van der Waals surface area (Å²) in [6, 6.07) is 11.7. The molecule has 7 heteroatoms. The first kappa shape index (κ1) is 16.2. The van der Waals surface area contributed by atoms with E-state index < -0.39 is 10.0 Å². The van der Waals surface area contributed by atoms with E-state index in [9.17, 15) is 8.42 Å². The van der Waals surface area contributed by atoms with Crippen molar-refractivity contribution in [1.82, 2.24) is 14.5 Å². The molecule has 1 unspecified atom stereocenters. The van der Waals surface area contributed by atoms with Crippen LogP contribution in [0.3, 0.4) is 0 Å². The fourth-order valence-corrected chi connectivity index (χ4v) is 4.00. The summed E-state index contributed by atoms with van der Waals surface area (Å²) in [7, 11) is -1.75. The summed E-state index contributed by atoms with van der Waals surface area (Å²) in [5.74, 6) is 0.0448. The van der Waals surface area contributed by atoms with E-state index in [0.29, 0.717) is 6.61 Å². The van der Waals surface area contributed by atoms with Crippen molar-refractivity contribution >= 4 is 10.0 Å². The zero-order valence-corrected chi connectivity index (χ0v) is 13.9. The Balaban J connectivity index is 1.65. The topological polar surface area (TPSA) is 75.3 Å². The molecule has 2 aromatic rings. The third-order valence-corrected chi connectivity index (χ3v) is 5.86. The third kappa shape index (κ3) is 3.99. The molecule has 0 bridgehead atoms. The molecule has 0 aliphatic carbocycles. The maximum absolute atomic E-state index is 12.4. The number of benzene rings is 1. The number of aromatic nitrogens is 2. The van der Waals surface area contributed by atoms with Crippen molar-refractivity contribution in [2.45, 2.75) is 25.5 Å². The maximum Gasteiger partial charge on any atom is 0.216 e. The Bertz CT molecular complexity index is 737. The van der Waals surface area contributed by atoms with Crippen LogP contribution in [0.4, 0.5) is 0 Å². The van der Waals surface area contributed by atoms with E-state index in [4.69, 9.17) is 4.74 Å². The van der Waals surface area contributed by atoms with Crippen LogP contribution in [-0.4, -0.2) is 48.4 Å².